The molecule has 0 unspecified atom stereocenters. The molecule has 2 rings (SSSR count). The van der Waals surface area contributed by atoms with Gasteiger partial charge in [-0.05, 0) is 54.3 Å². The van der Waals surface area contributed by atoms with Crippen LogP contribution in [-0.2, 0) is 14.8 Å². The summed E-state index contributed by atoms with van der Waals surface area (Å²) in [4.78, 5) is 12.7. The quantitative estimate of drug-likeness (QED) is 0.644. The zero-order valence-electron chi connectivity index (χ0n) is 17.1. The van der Waals surface area contributed by atoms with Crippen LogP contribution in [0.5, 0.6) is 5.75 Å². The number of methoxy groups -OCH3 is 1. The highest BCUT2D eigenvalue weighted by Gasteiger charge is 2.24. The molecule has 0 aliphatic carbocycles. The second-order valence-corrected chi connectivity index (χ2v) is 9.72. The Morgan fingerprint density at radius 1 is 1.10 bits per heavy atom. The zero-order chi connectivity index (χ0) is 21.6. The van der Waals surface area contributed by atoms with Gasteiger partial charge in [0.2, 0.25) is 15.9 Å². The molecule has 0 bridgehead atoms. The molecule has 8 heteroatoms. The van der Waals surface area contributed by atoms with E-state index in [2.05, 4.69) is 19.2 Å². The highest BCUT2D eigenvalue weighted by atomic mass is 35.5. The average Bonchev–Trinajstić information content (AvgIpc) is 2.67. The number of hydrogen-bond donors (Lipinski definition) is 1. The topological polar surface area (TPSA) is 75.7 Å². The Morgan fingerprint density at radius 3 is 2.21 bits per heavy atom. The Balaban J connectivity index is 2.11. The summed E-state index contributed by atoms with van der Waals surface area (Å²) < 4.78 is 31.6. The second kappa shape index (κ2) is 10.1. The third-order valence-corrected chi connectivity index (χ3v) is 6.52. The van der Waals surface area contributed by atoms with E-state index < -0.39 is 10.0 Å². The summed E-state index contributed by atoms with van der Waals surface area (Å²) >= 11 is 5.82. The Labute approximate surface area is 177 Å². The molecule has 2 aromatic rings. The normalized spacial score (nSPS) is 12.8. The van der Waals surface area contributed by atoms with Crippen LogP contribution in [0.3, 0.4) is 0 Å². The Bertz CT molecular complexity index is 913. The fraction of sp³-hybridized carbons (Fsp3) is 0.381. The first kappa shape index (κ1) is 23.2. The third-order valence-electron chi connectivity index (χ3n) is 4.45. The monoisotopic (exact) mass is 438 g/mol. The van der Waals surface area contributed by atoms with Gasteiger partial charge in [-0.2, -0.15) is 4.31 Å². The zero-order valence-corrected chi connectivity index (χ0v) is 18.6. The van der Waals surface area contributed by atoms with Gasteiger partial charge in [0, 0.05) is 12.1 Å². The van der Waals surface area contributed by atoms with Crippen LogP contribution in [0.2, 0.25) is 5.02 Å². The van der Waals surface area contributed by atoms with Crippen molar-refractivity contribution in [3.63, 3.8) is 0 Å². The van der Waals surface area contributed by atoms with Crippen LogP contribution < -0.4 is 10.1 Å². The van der Waals surface area contributed by atoms with Crippen molar-refractivity contribution < 1.29 is 17.9 Å². The molecule has 1 N–H and O–H groups in total. The molecule has 0 radical (unpaired) electrons. The van der Waals surface area contributed by atoms with E-state index in [1.807, 2.05) is 24.3 Å². The maximum Gasteiger partial charge on any atom is 0.243 e. The lowest BCUT2D eigenvalue weighted by molar-refractivity contribution is -0.122. The number of carbonyl (C=O) groups excluding carboxylic acids is 1. The van der Waals surface area contributed by atoms with E-state index in [4.69, 9.17) is 16.3 Å². The van der Waals surface area contributed by atoms with Gasteiger partial charge < -0.3 is 10.1 Å². The van der Waals surface area contributed by atoms with Crippen molar-refractivity contribution in [3.8, 4) is 5.75 Å². The van der Waals surface area contributed by atoms with Crippen LogP contribution in [0.1, 0.15) is 31.9 Å². The van der Waals surface area contributed by atoms with Crippen molar-refractivity contribution in [1.29, 1.82) is 0 Å². The van der Waals surface area contributed by atoms with Crippen LogP contribution in [0, 0.1) is 5.92 Å². The third kappa shape index (κ3) is 6.45. The van der Waals surface area contributed by atoms with Gasteiger partial charge >= 0.3 is 0 Å². The van der Waals surface area contributed by atoms with Gasteiger partial charge in [-0.25, -0.2) is 8.42 Å². The van der Waals surface area contributed by atoms with E-state index in [0.29, 0.717) is 10.9 Å². The first-order valence-corrected chi connectivity index (χ1v) is 11.1. The van der Waals surface area contributed by atoms with Gasteiger partial charge in [-0.3, -0.25) is 4.79 Å². The molecule has 2 aromatic carbocycles. The maximum absolute atomic E-state index is 12.7. The smallest absolute Gasteiger partial charge is 0.243 e. The number of nitrogens with one attached hydrogen (secondary N) is 1. The van der Waals surface area contributed by atoms with Crippen molar-refractivity contribution in [2.75, 3.05) is 20.7 Å². The van der Waals surface area contributed by atoms with Crippen molar-refractivity contribution in [3.05, 3.63) is 59.1 Å². The van der Waals surface area contributed by atoms with E-state index in [1.54, 1.807) is 7.11 Å². The Kier molecular flexibility index (Phi) is 8.07. The molecule has 29 heavy (non-hydrogen) atoms. The van der Waals surface area contributed by atoms with Crippen LogP contribution in [0.25, 0.3) is 0 Å². The highest BCUT2D eigenvalue weighted by molar-refractivity contribution is 7.89. The summed E-state index contributed by atoms with van der Waals surface area (Å²) in [6, 6.07) is 13.1. The van der Waals surface area contributed by atoms with E-state index in [9.17, 15) is 13.2 Å². The number of ether oxygens (including phenoxy) is 1. The predicted octanol–water partition coefficient (Wildman–Crippen LogP) is 3.87. The summed E-state index contributed by atoms with van der Waals surface area (Å²) in [6.45, 7) is 3.86. The first-order valence-electron chi connectivity index (χ1n) is 9.28. The second-order valence-electron chi connectivity index (χ2n) is 7.24. The summed E-state index contributed by atoms with van der Waals surface area (Å²) in [5.74, 6) is 0.710. The lowest BCUT2D eigenvalue weighted by Gasteiger charge is -2.23. The SMILES string of the molecule is COc1ccc([C@H](CC(C)C)NC(=O)CN(C)S(=O)(=O)c2ccc(Cl)cc2)cc1. The fourth-order valence-electron chi connectivity index (χ4n) is 2.90. The van der Waals surface area contributed by atoms with E-state index in [1.165, 1.54) is 31.3 Å². The number of hydrogen-bond acceptors (Lipinski definition) is 4. The van der Waals surface area contributed by atoms with E-state index in [0.717, 1.165) is 22.0 Å². The molecule has 1 atom stereocenters. The molecular weight excluding hydrogens is 412 g/mol. The molecule has 0 heterocycles. The van der Waals surface area contributed by atoms with E-state index >= 15 is 0 Å². The van der Waals surface area contributed by atoms with Crippen LogP contribution in [-0.4, -0.2) is 39.3 Å². The molecular formula is C21H27ClN2O4S. The van der Waals surface area contributed by atoms with Gasteiger partial charge in [0.1, 0.15) is 5.75 Å². The Morgan fingerprint density at radius 2 is 1.69 bits per heavy atom. The van der Waals surface area contributed by atoms with Gasteiger partial charge in [0.05, 0.1) is 24.6 Å². The molecule has 0 saturated carbocycles. The average molecular weight is 439 g/mol. The molecule has 1 amide bonds. The Hall–Kier alpha value is -2.09. The highest BCUT2D eigenvalue weighted by Crippen LogP contribution is 2.24. The van der Waals surface area contributed by atoms with Gasteiger partial charge in [-0.15, -0.1) is 0 Å². The number of nitrogens with zero attached hydrogens (tertiary/aromatic N) is 1. The molecule has 158 valence electrons. The number of benzene rings is 2. The molecule has 0 aliphatic rings. The molecule has 0 saturated heterocycles. The number of likely N-dealkylation sites (N-methyl/N-ethyl adjacent to an activating group) is 1. The molecule has 0 spiro atoms. The van der Waals surface area contributed by atoms with Crippen LogP contribution in [0.15, 0.2) is 53.4 Å². The number of carbonyl (C=O) groups is 1. The summed E-state index contributed by atoms with van der Waals surface area (Å²) in [6.07, 6.45) is 0.728. The van der Waals surface area contributed by atoms with Crippen LogP contribution >= 0.6 is 11.6 Å². The lowest BCUT2D eigenvalue weighted by atomic mass is 9.97. The van der Waals surface area contributed by atoms with Crippen LogP contribution in [0.4, 0.5) is 0 Å². The number of sulfonamides is 1. The summed E-state index contributed by atoms with van der Waals surface area (Å²) in [5, 5.41) is 3.40. The van der Waals surface area contributed by atoms with Crippen molar-refractivity contribution in [2.24, 2.45) is 5.92 Å². The molecule has 6 nitrogen and oxygen atoms in total. The van der Waals surface area contributed by atoms with Crippen molar-refractivity contribution in [1.82, 2.24) is 9.62 Å². The summed E-state index contributed by atoms with van der Waals surface area (Å²) in [5.41, 5.74) is 0.941. The minimum Gasteiger partial charge on any atom is -0.497 e. The largest absolute Gasteiger partial charge is 0.497 e. The summed E-state index contributed by atoms with van der Waals surface area (Å²) in [7, 11) is -0.806. The lowest BCUT2D eigenvalue weighted by Crippen LogP contribution is -2.40. The standard InChI is InChI=1S/C21H27ClN2O4S/c1-15(2)13-20(16-5-9-18(28-4)10-6-16)23-21(25)14-24(3)29(26,27)19-11-7-17(22)8-12-19/h5-12,15,20H,13-14H2,1-4H3,(H,23,25)/t20-/m0/s1. The van der Waals surface area contributed by atoms with E-state index in [-0.39, 0.29) is 23.4 Å². The van der Waals surface area contributed by atoms with Gasteiger partial charge in [0.15, 0.2) is 0 Å². The molecule has 0 fully saturated rings. The van der Waals surface area contributed by atoms with Crippen molar-refractivity contribution >= 4 is 27.5 Å². The minimum absolute atomic E-state index is 0.0890. The number of amides is 1. The number of rotatable bonds is 9. The predicted molar refractivity (Wildman–Crippen MR) is 115 cm³/mol. The molecule has 0 aromatic heterocycles. The number of halogens is 1. The minimum atomic E-state index is -3.79. The van der Waals surface area contributed by atoms with Crippen molar-refractivity contribution in [2.45, 2.75) is 31.2 Å². The van der Waals surface area contributed by atoms with Gasteiger partial charge in [-0.1, -0.05) is 37.6 Å². The first-order chi connectivity index (χ1) is 13.6. The van der Waals surface area contributed by atoms with Gasteiger partial charge in [0.25, 0.3) is 0 Å². The fourth-order valence-corrected chi connectivity index (χ4v) is 4.15. The molecule has 0 aliphatic heterocycles. The maximum atomic E-state index is 12.7.